The quantitative estimate of drug-likeness (QED) is 0.598. The summed E-state index contributed by atoms with van der Waals surface area (Å²) in [7, 11) is -8.60. The van der Waals surface area contributed by atoms with Gasteiger partial charge in [-0.2, -0.15) is 8.42 Å². The molecule has 0 aliphatic heterocycles. The smallest absolute Gasteiger partial charge is 0.266 e. The summed E-state index contributed by atoms with van der Waals surface area (Å²) in [6.07, 6.45) is 0. The van der Waals surface area contributed by atoms with Crippen LogP contribution in [0.3, 0.4) is 0 Å². The van der Waals surface area contributed by atoms with Crippen LogP contribution in [0.1, 0.15) is 16.1 Å². The maximum atomic E-state index is 12.5. The Morgan fingerprint density at radius 2 is 1.57 bits per heavy atom. The summed E-state index contributed by atoms with van der Waals surface area (Å²) in [5.41, 5.74) is -1.40. The van der Waals surface area contributed by atoms with Gasteiger partial charge in [0.15, 0.2) is 0 Å². The van der Waals surface area contributed by atoms with E-state index in [9.17, 15) is 26.4 Å². The molecule has 3 rings (SSSR count). The predicted octanol–water partition coefficient (Wildman–Crippen LogP) is 0.236. The first kappa shape index (κ1) is 19.5. The molecule has 0 atom stereocenters. The molecule has 0 saturated carbocycles. The number of hydrogen-bond acceptors (Lipinski definition) is 7. The van der Waals surface area contributed by atoms with Crippen molar-refractivity contribution in [3.8, 4) is 0 Å². The Hall–Kier alpha value is -3.25. The van der Waals surface area contributed by atoms with E-state index >= 15 is 0 Å². The van der Waals surface area contributed by atoms with Crippen LogP contribution in [0.15, 0.2) is 69.2 Å². The molecule has 3 aromatic rings. The number of hydrogen-bond donors (Lipinski definition) is 2. The van der Waals surface area contributed by atoms with Crippen LogP contribution in [0.4, 0.5) is 0 Å². The molecule has 146 valence electrons. The van der Waals surface area contributed by atoms with Crippen molar-refractivity contribution in [2.45, 2.75) is 16.7 Å². The van der Waals surface area contributed by atoms with Gasteiger partial charge >= 0.3 is 5.56 Å². The van der Waals surface area contributed by atoms with Crippen LogP contribution in [0.25, 0.3) is 0 Å². The molecule has 0 radical (unpaired) electrons. The van der Waals surface area contributed by atoms with Gasteiger partial charge in [0.25, 0.3) is 26.0 Å². The SMILES string of the molecule is Cc1ccc(S(=O)(=O)NC(=O)c2n[nH]n(S(=O)(=O)c3ccccc3)c2=O)cc1. The van der Waals surface area contributed by atoms with Crippen LogP contribution in [0.2, 0.25) is 0 Å². The second kappa shape index (κ2) is 7.05. The Kier molecular flexibility index (Phi) is 4.91. The molecule has 0 aliphatic rings. The molecule has 1 aromatic heterocycles. The largest absolute Gasteiger partial charge is 0.314 e. The number of carbonyl (C=O) groups excluding carboxylic acids is 1. The fourth-order valence-electron chi connectivity index (χ4n) is 2.24. The Bertz CT molecular complexity index is 1290. The van der Waals surface area contributed by atoms with Gasteiger partial charge in [0, 0.05) is 0 Å². The summed E-state index contributed by atoms with van der Waals surface area (Å²) in [5, 5.41) is 5.31. The van der Waals surface area contributed by atoms with Crippen molar-refractivity contribution < 1.29 is 21.6 Å². The number of aromatic amines is 1. The average Bonchev–Trinajstić information content (AvgIpc) is 3.05. The van der Waals surface area contributed by atoms with Gasteiger partial charge in [-0.25, -0.2) is 18.4 Å². The molecule has 0 spiro atoms. The van der Waals surface area contributed by atoms with Gasteiger partial charge in [0.2, 0.25) is 5.69 Å². The molecule has 2 aromatic carbocycles. The van der Waals surface area contributed by atoms with Crippen molar-refractivity contribution in [3.63, 3.8) is 0 Å². The average molecular weight is 422 g/mol. The molecule has 0 fully saturated rings. The van der Waals surface area contributed by atoms with Crippen LogP contribution < -0.4 is 10.3 Å². The third-order valence-electron chi connectivity index (χ3n) is 3.69. The maximum Gasteiger partial charge on any atom is 0.314 e. The third kappa shape index (κ3) is 3.59. The Morgan fingerprint density at radius 1 is 0.964 bits per heavy atom. The molecule has 0 unspecified atom stereocenters. The number of aryl methyl sites for hydroxylation is 1. The van der Waals surface area contributed by atoms with E-state index in [0.717, 1.165) is 5.56 Å². The first-order valence-corrected chi connectivity index (χ1v) is 10.7. The summed E-state index contributed by atoms with van der Waals surface area (Å²) >= 11 is 0. The molecule has 1 amide bonds. The number of rotatable bonds is 5. The van der Waals surface area contributed by atoms with Crippen LogP contribution in [0, 0.1) is 6.92 Å². The van der Waals surface area contributed by atoms with Gasteiger partial charge in [-0.1, -0.05) is 35.9 Å². The number of benzene rings is 2. The van der Waals surface area contributed by atoms with E-state index in [-0.39, 0.29) is 13.9 Å². The predicted molar refractivity (Wildman–Crippen MR) is 97.7 cm³/mol. The highest BCUT2D eigenvalue weighted by molar-refractivity contribution is 7.90. The number of amides is 1. The van der Waals surface area contributed by atoms with Crippen LogP contribution in [0.5, 0.6) is 0 Å². The van der Waals surface area contributed by atoms with Crippen LogP contribution in [-0.2, 0) is 20.0 Å². The third-order valence-corrected chi connectivity index (χ3v) is 6.64. The van der Waals surface area contributed by atoms with Gasteiger partial charge in [0.05, 0.1) is 9.79 Å². The molecule has 10 nitrogen and oxygen atoms in total. The zero-order valence-electron chi connectivity index (χ0n) is 14.4. The fraction of sp³-hybridized carbons (Fsp3) is 0.0625. The van der Waals surface area contributed by atoms with Crippen LogP contribution in [-0.4, -0.2) is 37.1 Å². The Balaban J connectivity index is 1.93. The number of aromatic nitrogens is 3. The number of carbonyl (C=O) groups is 1. The number of sulfonamides is 1. The summed E-state index contributed by atoms with van der Waals surface area (Å²) in [6, 6.07) is 12.6. The Morgan fingerprint density at radius 3 is 2.18 bits per heavy atom. The lowest BCUT2D eigenvalue weighted by atomic mass is 10.2. The minimum Gasteiger partial charge on any atom is -0.266 e. The van der Waals surface area contributed by atoms with E-state index in [4.69, 9.17) is 0 Å². The summed E-state index contributed by atoms with van der Waals surface area (Å²) in [6.45, 7) is 1.76. The first-order valence-electron chi connectivity index (χ1n) is 7.75. The van der Waals surface area contributed by atoms with E-state index in [1.807, 2.05) is 5.21 Å². The van der Waals surface area contributed by atoms with Crippen molar-refractivity contribution in [2.75, 3.05) is 0 Å². The summed E-state index contributed by atoms with van der Waals surface area (Å²) in [4.78, 5) is 24.1. The van der Waals surface area contributed by atoms with E-state index in [0.29, 0.717) is 0 Å². The highest BCUT2D eigenvalue weighted by Crippen LogP contribution is 2.11. The molecule has 0 saturated heterocycles. The lowest BCUT2D eigenvalue weighted by molar-refractivity contribution is 0.0975. The number of nitrogens with one attached hydrogen (secondary N) is 2. The summed E-state index contributed by atoms with van der Waals surface area (Å²) < 4.78 is 51.3. The molecule has 1 heterocycles. The van der Waals surface area contributed by atoms with E-state index in [1.165, 1.54) is 48.5 Å². The molecule has 0 aliphatic carbocycles. The highest BCUT2D eigenvalue weighted by atomic mass is 32.2. The maximum absolute atomic E-state index is 12.5. The van der Waals surface area contributed by atoms with E-state index in [2.05, 4.69) is 5.10 Å². The van der Waals surface area contributed by atoms with Crippen LogP contribution >= 0.6 is 0 Å². The normalized spacial score (nSPS) is 11.9. The van der Waals surface area contributed by atoms with Gasteiger partial charge in [0.1, 0.15) is 0 Å². The minimum absolute atomic E-state index is 0.162. The molecule has 12 heteroatoms. The van der Waals surface area contributed by atoms with Crippen molar-refractivity contribution in [1.82, 2.24) is 19.1 Å². The second-order valence-corrected chi connectivity index (χ2v) is 9.16. The topological polar surface area (TPSA) is 148 Å². The second-order valence-electron chi connectivity index (χ2n) is 5.70. The van der Waals surface area contributed by atoms with Crippen molar-refractivity contribution in [2.24, 2.45) is 0 Å². The van der Waals surface area contributed by atoms with E-state index in [1.54, 1.807) is 17.7 Å². The fourth-order valence-corrected chi connectivity index (χ4v) is 4.36. The number of H-pyrrole nitrogens is 1. The van der Waals surface area contributed by atoms with E-state index < -0.39 is 37.2 Å². The van der Waals surface area contributed by atoms with Crippen molar-refractivity contribution in [1.29, 1.82) is 0 Å². The zero-order valence-corrected chi connectivity index (χ0v) is 16.0. The van der Waals surface area contributed by atoms with Crippen molar-refractivity contribution in [3.05, 3.63) is 76.2 Å². The Labute approximate surface area is 159 Å². The van der Waals surface area contributed by atoms with Gasteiger partial charge in [-0.15, -0.1) is 9.19 Å². The van der Waals surface area contributed by atoms with Gasteiger partial charge in [-0.3, -0.25) is 9.59 Å². The minimum atomic E-state index is -4.33. The van der Waals surface area contributed by atoms with Gasteiger partial charge in [-0.05, 0) is 31.2 Å². The highest BCUT2D eigenvalue weighted by Gasteiger charge is 2.28. The van der Waals surface area contributed by atoms with Crippen molar-refractivity contribution >= 4 is 26.0 Å². The monoisotopic (exact) mass is 422 g/mol. The number of nitrogens with zero attached hydrogens (tertiary/aromatic N) is 2. The molecule has 0 bridgehead atoms. The lowest BCUT2D eigenvalue weighted by Gasteiger charge is -2.05. The molecule has 2 N–H and O–H groups in total. The standard InChI is InChI=1S/C16H14N4O6S2/c1-11-7-9-12(10-8-11)27(23,24)18-15(21)14-16(22)20(19-17-14)28(25,26)13-5-3-2-4-6-13/h2-10,19H,1H3,(H,18,21). The first-order chi connectivity index (χ1) is 13.1. The molecular weight excluding hydrogens is 408 g/mol. The molecule has 28 heavy (non-hydrogen) atoms. The molecular formula is C16H14N4O6S2. The lowest BCUT2D eigenvalue weighted by Crippen LogP contribution is -2.35. The zero-order chi connectivity index (χ0) is 20.5. The van der Waals surface area contributed by atoms with Gasteiger partial charge < -0.3 is 0 Å². The summed E-state index contributed by atoms with van der Waals surface area (Å²) in [5.74, 6) is -1.36.